The Morgan fingerprint density at radius 3 is 2.64 bits per heavy atom. The maximum Gasteiger partial charge on any atom is 0.259 e. The van der Waals surface area contributed by atoms with Gasteiger partial charge in [0.1, 0.15) is 0 Å². The van der Waals surface area contributed by atoms with Gasteiger partial charge in [0.05, 0.1) is 45.0 Å². The van der Waals surface area contributed by atoms with Crippen LogP contribution in [0.25, 0.3) is 11.1 Å². The fourth-order valence-electron chi connectivity index (χ4n) is 3.29. The van der Waals surface area contributed by atoms with Crippen LogP contribution in [-0.2, 0) is 6.54 Å². The molecular weight excluding hydrogens is 358 g/mol. The van der Waals surface area contributed by atoms with Crippen molar-refractivity contribution < 1.29 is 14.3 Å². The molecule has 1 aliphatic heterocycles. The van der Waals surface area contributed by atoms with E-state index in [0.717, 1.165) is 22.4 Å². The second kappa shape index (κ2) is 6.97. The van der Waals surface area contributed by atoms with E-state index in [1.54, 1.807) is 42.4 Å². The minimum Gasteiger partial charge on any atom is -0.491 e. The Balaban J connectivity index is 1.65. The molecule has 8 nitrogen and oxygen atoms in total. The first kappa shape index (κ1) is 18.0. The third kappa shape index (κ3) is 2.97. The van der Waals surface area contributed by atoms with Crippen molar-refractivity contribution in [2.75, 3.05) is 19.1 Å². The molecular formula is C20H21N5O3. The Kier molecular flexibility index (Phi) is 4.48. The second-order valence-corrected chi connectivity index (χ2v) is 6.62. The van der Waals surface area contributed by atoms with E-state index in [9.17, 15) is 4.79 Å². The van der Waals surface area contributed by atoms with E-state index in [2.05, 4.69) is 10.1 Å². The molecule has 144 valence electrons. The largest absolute Gasteiger partial charge is 0.491 e. The van der Waals surface area contributed by atoms with Gasteiger partial charge in [0.15, 0.2) is 5.75 Å². The zero-order valence-electron chi connectivity index (χ0n) is 15.9. The van der Waals surface area contributed by atoms with Crippen molar-refractivity contribution in [3.8, 4) is 22.8 Å². The maximum absolute atomic E-state index is 12.8. The molecule has 2 N–H and O–H groups in total. The molecule has 1 amide bonds. The molecule has 0 unspecified atom stereocenters. The molecule has 1 aliphatic rings. The van der Waals surface area contributed by atoms with Crippen LogP contribution in [0.1, 0.15) is 29.0 Å². The number of nitrogens with zero attached hydrogens (tertiary/aromatic N) is 4. The highest BCUT2D eigenvalue weighted by Crippen LogP contribution is 2.34. The number of anilines is 1. The van der Waals surface area contributed by atoms with E-state index in [-0.39, 0.29) is 12.1 Å². The van der Waals surface area contributed by atoms with Gasteiger partial charge in [0.2, 0.25) is 0 Å². The van der Waals surface area contributed by atoms with E-state index in [4.69, 9.17) is 15.2 Å². The van der Waals surface area contributed by atoms with Gasteiger partial charge in [0, 0.05) is 17.3 Å². The highest BCUT2D eigenvalue weighted by Gasteiger charge is 2.29. The first-order valence-electron chi connectivity index (χ1n) is 8.84. The maximum atomic E-state index is 12.8. The molecule has 1 aromatic carbocycles. The number of methoxy groups -OCH3 is 2. The van der Waals surface area contributed by atoms with Gasteiger partial charge in [0.25, 0.3) is 11.8 Å². The van der Waals surface area contributed by atoms with Crippen molar-refractivity contribution in [1.82, 2.24) is 14.8 Å². The average molecular weight is 379 g/mol. The summed E-state index contributed by atoms with van der Waals surface area (Å²) in [7, 11) is 3.12. The molecule has 1 atom stereocenters. The van der Waals surface area contributed by atoms with Crippen molar-refractivity contribution >= 4 is 11.6 Å². The van der Waals surface area contributed by atoms with Crippen LogP contribution in [0.2, 0.25) is 0 Å². The van der Waals surface area contributed by atoms with Crippen molar-refractivity contribution in [1.29, 1.82) is 0 Å². The Bertz CT molecular complexity index is 1040. The number of hydrogen-bond donors (Lipinski definition) is 1. The van der Waals surface area contributed by atoms with Crippen molar-refractivity contribution in [2.24, 2.45) is 5.73 Å². The molecule has 0 bridgehead atoms. The molecule has 28 heavy (non-hydrogen) atoms. The number of pyridine rings is 1. The predicted molar refractivity (Wildman–Crippen MR) is 104 cm³/mol. The number of hydrogen-bond acceptors (Lipinski definition) is 6. The lowest BCUT2D eigenvalue weighted by molar-refractivity contribution is 0.0996. The van der Waals surface area contributed by atoms with Crippen LogP contribution in [-0.4, -0.2) is 34.9 Å². The van der Waals surface area contributed by atoms with Gasteiger partial charge in [-0.15, -0.1) is 0 Å². The Morgan fingerprint density at radius 1 is 1.14 bits per heavy atom. The van der Waals surface area contributed by atoms with E-state index >= 15 is 0 Å². The summed E-state index contributed by atoms with van der Waals surface area (Å²) in [6.07, 6.45) is 4.92. The molecule has 0 aliphatic carbocycles. The summed E-state index contributed by atoms with van der Waals surface area (Å²) in [6.45, 7) is 2.31. The number of benzene rings is 1. The van der Waals surface area contributed by atoms with Crippen molar-refractivity contribution in [3.63, 3.8) is 0 Å². The van der Waals surface area contributed by atoms with Gasteiger partial charge in [-0.1, -0.05) is 6.07 Å². The fraction of sp³-hybridized carbons (Fsp3) is 0.250. The quantitative estimate of drug-likeness (QED) is 0.732. The van der Waals surface area contributed by atoms with Crippen molar-refractivity contribution in [2.45, 2.75) is 19.6 Å². The molecule has 3 aromatic rings. The van der Waals surface area contributed by atoms with Crippen LogP contribution >= 0.6 is 0 Å². The number of rotatable bonds is 5. The highest BCUT2D eigenvalue weighted by molar-refractivity contribution is 6.10. The Hall–Kier alpha value is -3.39. The van der Waals surface area contributed by atoms with E-state index < -0.39 is 0 Å². The molecule has 3 heterocycles. The first-order chi connectivity index (χ1) is 13.5. The van der Waals surface area contributed by atoms with E-state index in [0.29, 0.717) is 23.7 Å². The van der Waals surface area contributed by atoms with Gasteiger partial charge < -0.3 is 20.1 Å². The Labute approximate surface area is 162 Å². The summed E-state index contributed by atoms with van der Waals surface area (Å²) in [5.74, 6) is 0.942. The van der Waals surface area contributed by atoms with Gasteiger partial charge in [-0.2, -0.15) is 5.10 Å². The molecule has 4 rings (SSSR count). The zero-order chi connectivity index (χ0) is 19.8. The number of aromatic nitrogens is 3. The monoisotopic (exact) mass is 379 g/mol. The first-order valence-corrected chi connectivity index (χ1v) is 8.84. The number of carbonyl (C=O) groups excluding carboxylic acids is 1. The zero-order valence-corrected chi connectivity index (χ0v) is 15.9. The smallest absolute Gasteiger partial charge is 0.259 e. The molecule has 2 aromatic heterocycles. The van der Waals surface area contributed by atoms with Gasteiger partial charge in [-0.25, -0.2) is 4.98 Å². The molecule has 0 spiro atoms. The minimum atomic E-state index is -0.252. The summed E-state index contributed by atoms with van der Waals surface area (Å²) in [5, 5.41) is 4.22. The van der Waals surface area contributed by atoms with Gasteiger partial charge in [-0.3, -0.25) is 9.48 Å². The van der Waals surface area contributed by atoms with Gasteiger partial charge in [-0.05, 0) is 36.2 Å². The van der Waals surface area contributed by atoms with Crippen LogP contribution in [0.3, 0.4) is 0 Å². The second-order valence-electron chi connectivity index (χ2n) is 6.62. The lowest BCUT2D eigenvalue weighted by atomic mass is 10.0. The number of carbonyl (C=O) groups is 1. The van der Waals surface area contributed by atoms with Crippen LogP contribution < -0.4 is 20.1 Å². The number of ether oxygens (including phenoxy) is 2. The highest BCUT2D eigenvalue weighted by atomic mass is 16.5. The van der Waals surface area contributed by atoms with Crippen molar-refractivity contribution in [3.05, 3.63) is 54.0 Å². The van der Waals surface area contributed by atoms with Crippen LogP contribution in [0.15, 0.2) is 42.9 Å². The summed E-state index contributed by atoms with van der Waals surface area (Å²) in [6, 6.07) is 7.63. The normalized spacial score (nSPS) is 14.1. The predicted octanol–water partition coefficient (Wildman–Crippen LogP) is 2.60. The summed E-state index contributed by atoms with van der Waals surface area (Å²) < 4.78 is 12.2. The number of nitrogens with two attached hydrogens (primary N) is 1. The summed E-state index contributed by atoms with van der Waals surface area (Å²) in [5.41, 5.74) is 10.0. The lowest BCUT2D eigenvalue weighted by Gasteiger charge is -2.12. The van der Waals surface area contributed by atoms with Crippen LogP contribution in [0.4, 0.5) is 5.69 Å². The van der Waals surface area contributed by atoms with E-state index in [1.807, 2.05) is 31.2 Å². The van der Waals surface area contributed by atoms with Crippen LogP contribution in [0.5, 0.6) is 11.6 Å². The minimum absolute atomic E-state index is 0.0452. The summed E-state index contributed by atoms with van der Waals surface area (Å²) in [4.78, 5) is 18.8. The Morgan fingerprint density at radius 2 is 1.96 bits per heavy atom. The number of amides is 1. The molecule has 0 saturated heterocycles. The molecule has 0 saturated carbocycles. The lowest BCUT2D eigenvalue weighted by Crippen LogP contribution is -2.22. The third-order valence-corrected chi connectivity index (χ3v) is 4.79. The molecule has 0 radical (unpaired) electrons. The number of fused-ring (bicyclic) bond motifs is 1. The third-order valence-electron chi connectivity index (χ3n) is 4.79. The van der Waals surface area contributed by atoms with Gasteiger partial charge >= 0.3 is 0 Å². The SMILES string of the molecule is COc1cc(-c2ccc3c(c2)CN(c2cnn([C@@H](C)N)c2)C3=O)cnc1OC. The summed E-state index contributed by atoms with van der Waals surface area (Å²) >= 11 is 0. The molecule has 0 fully saturated rings. The van der Waals surface area contributed by atoms with E-state index in [1.165, 1.54) is 0 Å². The fourth-order valence-corrected chi connectivity index (χ4v) is 3.29. The average Bonchev–Trinajstić information content (AvgIpc) is 3.32. The standard InChI is InChI=1S/C20H21N5O3/c1-12(21)25-11-16(9-23-25)24-10-15-6-13(4-5-17(15)20(24)26)14-7-18(27-2)19(28-3)22-8-14/h4-9,11-12H,10,21H2,1-3H3/t12-/m0/s1. The topological polar surface area (TPSA) is 95.5 Å². The molecule has 8 heteroatoms. The van der Waals surface area contributed by atoms with Crippen LogP contribution in [0, 0.1) is 0 Å².